The van der Waals surface area contributed by atoms with E-state index in [1.807, 2.05) is 0 Å². The lowest BCUT2D eigenvalue weighted by Crippen LogP contribution is -2.14. The fraction of sp³-hybridized carbons (Fsp3) is 0.579. The van der Waals surface area contributed by atoms with Crippen molar-refractivity contribution in [3.8, 4) is 0 Å². The van der Waals surface area contributed by atoms with Crippen LogP contribution in [0, 0.1) is 11.8 Å². The van der Waals surface area contributed by atoms with Gasteiger partial charge in [0.2, 0.25) is 0 Å². The van der Waals surface area contributed by atoms with Gasteiger partial charge in [-0.05, 0) is 68.1 Å². The van der Waals surface area contributed by atoms with Crippen molar-refractivity contribution in [1.82, 2.24) is 0 Å². The van der Waals surface area contributed by atoms with Gasteiger partial charge in [-0.2, -0.15) is 13.2 Å². The Bertz CT molecular complexity index is 482. The molecule has 1 aliphatic rings. The fourth-order valence-electron chi connectivity index (χ4n) is 3.24. The lowest BCUT2D eigenvalue weighted by Gasteiger charge is -2.26. The molecule has 0 spiro atoms. The topological polar surface area (TPSA) is 9.23 Å². The molecule has 0 radical (unpaired) electrons. The largest absolute Gasteiger partial charge is 0.416 e. The predicted molar refractivity (Wildman–Crippen MR) is 86.2 cm³/mol. The molecule has 1 aliphatic carbocycles. The Balaban J connectivity index is 1.73. The number of ether oxygens (including phenoxy) is 1. The Morgan fingerprint density at radius 3 is 2.30 bits per heavy atom. The summed E-state index contributed by atoms with van der Waals surface area (Å²) in [5.41, 5.74) is 0.435. The molecule has 2 rings (SSSR count). The van der Waals surface area contributed by atoms with Crippen molar-refractivity contribution >= 4 is 0 Å². The molecular formula is C19H25F3O. The quantitative estimate of drug-likeness (QED) is 0.614. The number of hydrogen-bond acceptors (Lipinski definition) is 1. The van der Waals surface area contributed by atoms with Crippen molar-refractivity contribution in [3.63, 3.8) is 0 Å². The first-order valence-electron chi connectivity index (χ1n) is 8.30. The van der Waals surface area contributed by atoms with E-state index in [9.17, 15) is 13.2 Å². The molecule has 0 bridgehead atoms. The van der Waals surface area contributed by atoms with Crippen LogP contribution in [-0.2, 0) is 17.3 Å². The van der Waals surface area contributed by atoms with Gasteiger partial charge in [0.15, 0.2) is 0 Å². The Hall–Kier alpha value is -1.29. The molecule has 1 fully saturated rings. The zero-order valence-corrected chi connectivity index (χ0v) is 13.6. The van der Waals surface area contributed by atoms with Crippen molar-refractivity contribution in [3.05, 3.63) is 47.5 Å². The van der Waals surface area contributed by atoms with Gasteiger partial charge >= 0.3 is 6.18 Å². The molecule has 128 valence electrons. The van der Waals surface area contributed by atoms with E-state index in [1.165, 1.54) is 37.8 Å². The van der Waals surface area contributed by atoms with Crippen molar-refractivity contribution in [1.29, 1.82) is 0 Å². The van der Waals surface area contributed by atoms with Gasteiger partial charge in [0, 0.05) is 7.11 Å². The summed E-state index contributed by atoms with van der Waals surface area (Å²) in [5, 5.41) is 0. The van der Waals surface area contributed by atoms with Gasteiger partial charge in [0.25, 0.3) is 0 Å². The number of rotatable bonds is 6. The molecule has 0 aromatic heterocycles. The lowest BCUT2D eigenvalue weighted by atomic mass is 9.79. The number of halogens is 3. The minimum Gasteiger partial charge on any atom is -0.381 e. The highest BCUT2D eigenvalue weighted by atomic mass is 19.4. The summed E-state index contributed by atoms with van der Waals surface area (Å²) in [5.74, 6) is 1.36. The summed E-state index contributed by atoms with van der Waals surface area (Å²) in [6.07, 6.45) is 6.88. The highest BCUT2D eigenvalue weighted by molar-refractivity contribution is 5.24. The van der Waals surface area contributed by atoms with Crippen LogP contribution in [0.25, 0.3) is 0 Å². The summed E-state index contributed by atoms with van der Waals surface area (Å²) in [4.78, 5) is 0. The third kappa shape index (κ3) is 6.02. The molecule has 1 nitrogen and oxygen atoms in total. The van der Waals surface area contributed by atoms with Crippen LogP contribution in [-0.4, -0.2) is 13.7 Å². The summed E-state index contributed by atoms with van der Waals surface area (Å²) >= 11 is 0. The van der Waals surface area contributed by atoms with Crippen molar-refractivity contribution < 1.29 is 17.9 Å². The standard InChI is InChI=1S/C19H25F3O/c1-23-14-2-3-15-4-6-16(7-5-15)8-9-17-10-12-18(13-11-17)19(20,21)22/h2-3,10-13,15-16H,4-9,14H2,1H3/b3-2+/t15-,16-. The van der Waals surface area contributed by atoms with Crippen LogP contribution in [0.2, 0.25) is 0 Å². The highest BCUT2D eigenvalue weighted by Gasteiger charge is 2.29. The first-order chi connectivity index (χ1) is 11.0. The fourth-order valence-corrected chi connectivity index (χ4v) is 3.24. The van der Waals surface area contributed by atoms with Crippen molar-refractivity contribution in [2.45, 2.75) is 44.7 Å². The van der Waals surface area contributed by atoms with Gasteiger partial charge in [-0.15, -0.1) is 0 Å². The van der Waals surface area contributed by atoms with Gasteiger partial charge in [0.05, 0.1) is 12.2 Å². The maximum Gasteiger partial charge on any atom is 0.416 e. The first kappa shape index (κ1) is 18.1. The Kier molecular flexibility index (Phi) is 6.70. The third-order valence-corrected chi connectivity index (χ3v) is 4.69. The minimum atomic E-state index is -4.24. The van der Waals surface area contributed by atoms with Crippen molar-refractivity contribution in [2.24, 2.45) is 11.8 Å². The van der Waals surface area contributed by atoms with Gasteiger partial charge < -0.3 is 4.74 Å². The monoisotopic (exact) mass is 326 g/mol. The summed E-state index contributed by atoms with van der Waals surface area (Å²) in [7, 11) is 1.70. The maximum absolute atomic E-state index is 12.5. The Labute approximate surface area is 136 Å². The molecule has 0 heterocycles. The molecular weight excluding hydrogens is 301 g/mol. The minimum absolute atomic E-state index is 0.565. The van der Waals surface area contributed by atoms with Gasteiger partial charge in [-0.1, -0.05) is 24.3 Å². The van der Waals surface area contributed by atoms with E-state index in [1.54, 1.807) is 19.2 Å². The van der Waals surface area contributed by atoms with E-state index >= 15 is 0 Å². The molecule has 1 saturated carbocycles. The average molecular weight is 326 g/mol. The smallest absolute Gasteiger partial charge is 0.381 e. The van der Waals surface area contributed by atoms with Crippen LogP contribution in [0.15, 0.2) is 36.4 Å². The predicted octanol–water partition coefficient (Wildman–Crippen LogP) is 5.65. The highest BCUT2D eigenvalue weighted by Crippen LogP contribution is 2.33. The average Bonchev–Trinajstić information content (AvgIpc) is 2.54. The molecule has 0 atom stereocenters. The van der Waals surface area contributed by atoms with Crippen LogP contribution in [0.5, 0.6) is 0 Å². The van der Waals surface area contributed by atoms with Crippen LogP contribution in [0.3, 0.4) is 0 Å². The number of methoxy groups -OCH3 is 1. The SMILES string of the molecule is COC/C=C/[C@H]1CC[C@H](CCc2ccc(C(F)(F)F)cc2)CC1. The number of allylic oxidation sites excluding steroid dienone is 1. The van der Waals surface area contributed by atoms with E-state index in [2.05, 4.69) is 12.2 Å². The van der Waals surface area contributed by atoms with E-state index < -0.39 is 11.7 Å². The molecule has 0 amide bonds. The normalized spacial score (nSPS) is 22.6. The summed E-state index contributed by atoms with van der Waals surface area (Å²) < 4.78 is 42.6. The van der Waals surface area contributed by atoms with Crippen LogP contribution < -0.4 is 0 Å². The Morgan fingerprint density at radius 2 is 1.74 bits per heavy atom. The second kappa shape index (κ2) is 8.53. The molecule has 1 aromatic carbocycles. The van der Waals surface area contributed by atoms with Gasteiger partial charge in [0.1, 0.15) is 0 Å². The van der Waals surface area contributed by atoms with E-state index in [4.69, 9.17) is 4.74 Å². The molecule has 0 N–H and O–H groups in total. The van der Waals surface area contributed by atoms with Gasteiger partial charge in [-0.25, -0.2) is 0 Å². The van der Waals surface area contributed by atoms with E-state index in [0.717, 1.165) is 18.4 Å². The summed E-state index contributed by atoms with van der Waals surface area (Å²) in [6, 6.07) is 5.60. The third-order valence-electron chi connectivity index (χ3n) is 4.69. The second-order valence-corrected chi connectivity index (χ2v) is 6.40. The number of alkyl halides is 3. The lowest BCUT2D eigenvalue weighted by molar-refractivity contribution is -0.137. The molecule has 0 saturated heterocycles. The van der Waals surface area contributed by atoms with E-state index in [-0.39, 0.29) is 0 Å². The number of aryl methyl sites for hydroxylation is 1. The number of benzene rings is 1. The van der Waals surface area contributed by atoms with E-state index in [0.29, 0.717) is 18.4 Å². The zero-order chi connectivity index (χ0) is 16.7. The molecule has 0 unspecified atom stereocenters. The maximum atomic E-state index is 12.5. The molecule has 23 heavy (non-hydrogen) atoms. The van der Waals surface area contributed by atoms with Crippen LogP contribution in [0.4, 0.5) is 13.2 Å². The molecule has 1 aromatic rings. The Morgan fingerprint density at radius 1 is 1.09 bits per heavy atom. The van der Waals surface area contributed by atoms with Crippen LogP contribution >= 0.6 is 0 Å². The first-order valence-corrected chi connectivity index (χ1v) is 8.30. The molecule has 0 aliphatic heterocycles. The zero-order valence-electron chi connectivity index (χ0n) is 13.6. The van der Waals surface area contributed by atoms with Gasteiger partial charge in [-0.3, -0.25) is 0 Å². The summed E-state index contributed by atoms with van der Waals surface area (Å²) in [6.45, 7) is 0.674. The number of hydrogen-bond donors (Lipinski definition) is 0. The molecule has 4 heteroatoms. The van der Waals surface area contributed by atoms with Crippen LogP contribution in [0.1, 0.15) is 43.2 Å². The second-order valence-electron chi connectivity index (χ2n) is 6.40. The van der Waals surface area contributed by atoms with Crippen molar-refractivity contribution in [2.75, 3.05) is 13.7 Å².